The molecule has 0 heteroatoms. The first kappa shape index (κ1) is 7.96. The Morgan fingerprint density at radius 3 is 2.64 bits per heavy atom. The highest BCUT2D eigenvalue weighted by Crippen LogP contribution is 2.62. The quantitative estimate of drug-likeness (QED) is 0.509. The molecule has 0 aromatic heterocycles. The van der Waals surface area contributed by atoms with E-state index in [1.165, 1.54) is 19.3 Å². The first-order chi connectivity index (χ1) is 6.93. The van der Waals surface area contributed by atoms with Gasteiger partial charge in [-0.15, -0.1) is 0 Å². The standard InChI is InChI=1S/C14H20/c1-2-4-12-9(3-1)8-13-10-5-6-11(7-10)14(12)13/h5-6,9-14H,1-4,7-8H2. The van der Waals surface area contributed by atoms with Crippen LogP contribution < -0.4 is 0 Å². The number of hydrogen-bond acceptors (Lipinski definition) is 0. The third-order valence-corrected chi connectivity index (χ3v) is 5.73. The fourth-order valence-corrected chi connectivity index (χ4v) is 5.31. The number of rotatable bonds is 0. The molecule has 3 fully saturated rings. The second kappa shape index (κ2) is 2.65. The van der Waals surface area contributed by atoms with E-state index in [9.17, 15) is 0 Å². The largest absolute Gasteiger partial charge is 0.0848 e. The van der Waals surface area contributed by atoms with Crippen molar-refractivity contribution in [1.29, 1.82) is 0 Å². The van der Waals surface area contributed by atoms with Crippen LogP contribution in [0.2, 0.25) is 0 Å². The van der Waals surface area contributed by atoms with E-state index in [1.54, 1.807) is 19.3 Å². The molecule has 2 bridgehead atoms. The monoisotopic (exact) mass is 188 g/mol. The lowest BCUT2D eigenvalue weighted by molar-refractivity contribution is 0.201. The predicted octanol–water partition coefficient (Wildman–Crippen LogP) is 3.63. The van der Waals surface area contributed by atoms with Crippen LogP contribution in [-0.4, -0.2) is 0 Å². The van der Waals surface area contributed by atoms with Crippen molar-refractivity contribution in [2.75, 3.05) is 0 Å². The van der Waals surface area contributed by atoms with Gasteiger partial charge >= 0.3 is 0 Å². The molecule has 4 rings (SSSR count). The maximum Gasteiger partial charge on any atom is -0.0194 e. The fourth-order valence-electron chi connectivity index (χ4n) is 5.31. The average Bonchev–Trinajstić information content (AvgIpc) is 2.88. The Labute approximate surface area is 86.8 Å². The van der Waals surface area contributed by atoms with E-state index in [1.807, 2.05) is 0 Å². The molecular formula is C14H20. The molecule has 0 spiro atoms. The summed E-state index contributed by atoms with van der Waals surface area (Å²) < 4.78 is 0. The summed E-state index contributed by atoms with van der Waals surface area (Å²) in [5.74, 6) is 6.57. The van der Waals surface area contributed by atoms with Crippen LogP contribution in [0.5, 0.6) is 0 Å². The molecule has 76 valence electrons. The summed E-state index contributed by atoms with van der Waals surface area (Å²) >= 11 is 0. The lowest BCUT2D eigenvalue weighted by atomic mass is 9.74. The van der Waals surface area contributed by atoms with Crippen LogP contribution in [0.1, 0.15) is 38.5 Å². The van der Waals surface area contributed by atoms with E-state index in [-0.39, 0.29) is 0 Å². The summed E-state index contributed by atoms with van der Waals surface area (Å²) in [6.07, 6.45) is 14.4. The Morgan fingerprint density at radius 1 is 0.786 bits per heavy atom. The van der Waals surface area contributed by atoms with Gasteiger partial charge in [0.25, 0.3) is 0 Å². The predicted molar refractivity (Wildman–Crippen MR) is 57.8 cm³/mol. The summed E-state index contributed by atoms with van der Waals surface area (Å²) in [4.78, 5) is 0. The Hall–Kier alpha value is -0.260. The molecule has 4 aliphatic rings. The highest BCUT2D eigenvalue weighted by atomic mass is 14.6. The van der Waals surface area contributed by atoms with Crippen molar-refractivity contribution in [1.82, 2.24) is 0 Å². The molecule has 14 heavy (non-hydrogen) atoms. The Bertz CT molecular complexity index is 278. The molecule has 0 amide bonds. The number of hydrogen-bond donors (Lipinski definition) is 0. The van der Waals surface area contributed by atoms with Gasteiger partial charge in [0.15, 0.2) is 0 Å². The van der Waals surface area contributed by atoms with E-state index in [4.69, 9.17) is 0 Å². The summed E-state index contributed by atoms with van der Waals surface area (Å²) in [7, 11) is 0. The van der Waals surface area contributed by atoms with Crippen molar-refractivity contribution in [3.63, 3.8) is 0 Å². The smallest absolute Gasteiger partial charge is 0.0194 e. The molecule has 0 radical (unpaired) electrons. The Balaban J connectivity index is 1.68. The van der Waals surface area contributed by atoms with Crippen molar-refractivity contribution < 1.29 is 0 Å². The molecule has 3 saturated carbocycles. The number of fused-ring (bicyclic) bond motifs is 7. The van der Waals surface area contributed by atoms with Gasteiger partial charge in [0, 0.05) is 0 Å². The van der Waals surface area contributed by atoms with E-state index in [2.05, 4.69) is 12.2 Å². The van der Waals surface area contributed by atoms with E-state index >= 15 is 0 Å². The summed E-state index contributed by atoms with van der Waals surface area (Å²) in [5.41, 5.74) is 0. The number of allylic oxidation sites excluding steroid dienone is 2. The van der Waals surface area contributed by atoms with Crippen molar-refractivity contribution >= 4 is 0 Å². The van der Waals surface area contributed by atoms with Gasteiger partial charge in [-0.3, -0.25) is 0 Å². The van der Waals surface area contributed by atoms with Crippen LogP contribution in [0.25, 0.3) is 0 Å². The van der Waals surface area contributed by atoms with E-state index < -0.39 is 0 Å². The van der Waals surface area contributed by atoms with E-state index in [0.717, 1.165) is 35.5 Å². The minimum Gasteiger partial charge on any atom is -0.0848 e. The van der Waals surface area contributed by atoms with Crippen LogP contribution in [0.15, 0.2) is 12.2 Å². The van der Waals surface area contributed by atoms with Crippen molar-refractivity contribution in [3.05, 3.63) is 12.2 Å². The van der Waals surface area contributed by atoms with Gasteiger partial charge in [-0.25, -0.2) is 0 Å². The average molecular weight is 188 g/mol. The molecule has 0 saturated heterocycles. The highest BCUT2D eigenvalue weighted by molar-refractivity contribution is 5.17. The topological polar surface area (TPSA) is 0 Å². The Kier molecular flexibility index (Phi) is 1.51. The first-order valence-corrected chi connectivity index (χ1v) is 6.62. The molecule has 6 atom stereocenters. The minimum absolute atomic E-state index is 1.01. The second-order valence-corrected chi connectivity index (χ2v) is 6.13. The molecule has 0 nitrogen and oxygen atoms in total. The normalized spacial score (nSPS) is 58.9. The van der Waals surface area contributed by atoms with Crippen LogP contribution in [0.4, 0.5) is 0 Å². The summed E-state index contributed by atoms with van der Waals surface area (Å²) in [6.45, 7) is 0. The van der Waals surface area contributed by atoms with Gasteiger partial charge in [0.2, 0.25) is 0 Å². The van der Waals surface area contributed by atoms with Gasteiger partial charge in [0.05, 0.1) is 0 Å². The maximum atomic E-state index is 2.56. The molecule has 0 aromatic rings. The van der Waals surface area contributed by atoms with Crippen LogP contribution in [-0.2, 0) is 0 Å². The summed E-state index contributed by atoms with van der Waals surface area (Å²) in [6, 6.07) is 0. The third kappa shape index (κ3) is 0.857. The highest BCUT2D eigenvalue weighted by Gasteiger charge is 2.54. The molecule has 0 heterocycles. The molecular weight excluding hydrogens is 168 g/mol. The van der Waals surface area contributed by atoms with Crippen LogP contribution >= 0.6 is 0 Å². The van der Waals surface area contributed by atoms with Crippen molar-refractivity contribution in [3.8, 4) is 0 Å². The van der Waals surface area contributed by atoms with Crippen LogP contribution in [0.3, 0.4) is 0 Å². The zero-order valence-electron chi connectivity index (χ0n) is 8.86. The van der Waals surface area contributed by atoms with Gasteiger partial charge in [0.1, 0.15) is 0 Å². The lowest BCUT2D eigenvalue weighted by Gasteiger charge is -2.31. The molecule has 0 aliphatic heterocycles. The van der Waals surface area contributed by atoms with Crippen LogP contribution in [0, 0.1) is 35.5 Å². The zero-order valence-corrected chi connectivity index (χ0v) is 8.86. The second-order valence-electron chi connectivity index (χ2n) is 6.13. The molecule has 4 aliphatic carbocycles. The third-order valence-electron chi connectivity index (χ3n) is 5.73. The fraction of sp³-hybridized carbons (Fsp3) is 0.857. The maximum absolute atomic E-state index is 2.56. The minimum atomic E-state index is 1.01. The van der Waals surface area contributed by atoms with Crippen molar-refractivity contribution in [2.45, 2.75) is 38.5 Å². The van der Waals surface area contributed by atoms with Gasteiger partial charge in [-0.05, 0) is 54.8 Å². The molecule has 0 aromatic carbocycles. The van der Waals surface area contributed by atoms with Gasteiger partial charge in [-0.1, -0.05) is 31.4 Å². The molecule has 6 unspecified atom stereocenters. The van der Waals surface area contributed by atoms with Gasteiger partial charge in [-0.2, -0.15) is 0 Å². The van der Waals surface area contributed by atoms with E-state index in [0.29, 0.717) is 0 Å². The van der Waals surface area contributed by atoms with Crippen molar-refractivity contribution in [2.24, 2.45) is 35.5 Å². The lowest BCUT2D eigenvalue weighted by Crippen LogP contribution is -2.23. The zero-order chi connectivity index (χ0) is 9.12. The molecule has 0 N–H and O–H groups in total. The SMILES string of the molecule is C1=CC2CC1C1CC3CCCCC3C21. The van der Waals surface area contributed by atoms with Gasteiger partial charge < -0.3 is 0 Å². The summed E-state index contributed by atoms with van der Waals surface area (Å²) in [5, 5.41) is 0. The first-order valence-electron chi connectivity index (χ1n) is 6.62. The Morgan fingerprint density at radius 2 is 1.64 bits per heavy atom.